The number of benzene rings is 1. The molecule has 2 rings (SSSR count). The van der Waals surface area contributed by atoms with Crippen molar-refractivity contribution in [3.8, 4) is 0 Å². The van der Waals surface area contributed by atoms with Crippen LogP contribution in [0.25, 0.3) is 0 Å². The molecule has 1 aliphatic rings. The van der Waals surface area contributed by atoms with E-state index in [2.05, 4.69) is 67.8 Å². The van der Waals surface area contributed by atoms with Gasteiger partial charge < -0.3 is 0 Å². The molecule has 0 radical (unpaired) electrons. The number of hydrogen-bond donors (Lipinski definition) is 0. The lowest BCUT2D eigenvalue weighted by Crippen LogP contribution is -2.24. The molecule has 0 bridgehead atoms. The first kappa shape index (κ1) is 12.3. The van der Waals surface area contributed by atoms with Crippen LogP contribution >= 0.6 is 23.5 Å². The average Bonchev–Trinajstić information content (AvgIpc) is 2.29. The van der Waals surface area contributed by atoms with E-state index in [1.165, 1.54) is 11.3 Å². The van der Waals surface area contributed by atoms with Crippen molar-refractivity contribution in [3.63, 3.8) is 0 Å². The van der Waals surface area contributed by atoms with Crippen molar-refractivity contribution in [2.75, 3.05) is 5.75 Å². The lowest BCUT2D eigenvalue weighted by Gasteiger charge is -2.28. The fraction of sp³-hybridized carbons (Fsp3) is 0.385. The molecule has 86 valence electrons. The summed E-state index contributed by atoms with van der Waals surface area (Å²) in [5.74, 6) is 1.17. The largest absolute Gasteiger partial charge is 0.138 e. The molecule has 0 amide bonds. The number of hydrogen-bond acceptors (Lipinski definition) is 2. The van der Waals surface area contributed by atoms with Crippen LogP contribution in [-0.2, 0) is 0 Å². The zero-order valence-corrected chi connectivity index (χ0v) is 12.7. The van der Waals surface area contributed by atoms with E-state index in [1.54, 1.807) is 4.53 Å². The third-order valence-corrected chi connectivity index (χ3v) is 8.97. The highest BCUT2D eigenvalue weighted by Gasteiger charge is 2.27. The van der Waals surface area contributed by atoms with Crippen LogP contribution in [0.4, 0.5) is 0 Å². The van der Waals surface area contributed by atoms with Crippen molar-refractivity contribution >= 4 is 31.6 Å². The normalized spacial score (nSPS) is 21.7. The van der Waals surface area contributed by atoms with E-state index in [4.69, 9.17) is 0 Å². The smallest absolute Gasteiger partial charge is 0.0854 e. The van der Waals surface area contributed by atoms with E-state index < -0.39 is 8.07 Å². The molecule has 3 heteroatoms. The van der Waals surface area contributed by atoms with Crippen molar-refractivity contribution in [1.82, 2.24) is 0 Å². The van der Waals surface area contributed by atoms with Crippen LogP contribution in [0, 0.1) is 0 Å². The van der Waals surface area contributed by atoms with Crippen molar-refractivity contribution in [2.24, 2.45) is 0 Å². The molecule has 1 aromatic carbocycles. The van der Waals surface area contributed by atoms with Crippen molar-refractivity contribution in [2.45, 2.75) is 24.2 Å². The van der Waals surface area contributed by atoms with E-state index in [1.807, 2.05) is 11.8 Å². The summed E-state index contributed by atoms with van der Waals surface area (Å²) < 4.78 is 2.27. The van der Waals surface area contributed by atoms with E-state index in [0.29, 0.717) is 4.58 Å². The lowest BCUT2D eigenvalue weighted by atomic mass is 10.2. The van der Waals surface area contributed by atoms with Gasteiger partial charge in [-0.25, -0.2) is 0 Å². The molecular formula is C13H18S2Si. The molecule has 0 aliphatic carbocycles. The minimum Gasteiger partial charge on any atom is -0.138 e. The molecule has 0 N–H and O–H groups in total. The Morgan fingerprint density at radius 1 is 1.12 bits per heavy atom. The van der Waals surface area contributed by atoms with Gasteiger partial charge >= 0.3 is 0 Å². The maximum absolute atomic E-state index is 2.45. The first-order chi connectivity index (χ1) is 7.57. The molecule has 0 nitrogen and oxygen atoms in total. The van der Waals surface area contributed by atoms with Crippen LogP contribution in [0.15, 0.2) is 40.9 Å². The van der Waals surface area contributed by atoms with Gasteiger partial charge in [0.05, 0.1) is 12.7 Å². The molecule has 1 heterocycles. The Hall–Kier alpha value is -0.123. The van der Waals surface area contributed by atoms with Gasteiger partial charge in [-0.2, -0.15) is 0 Å². The van der Waals surface area contributed by atoms with Gasteiger partial charge in [0.25, 0.3) is 0 Å². The Labute approximate surface area is 108 Å². The van der Waals surface area contributed by atoms with Gasteiger partial charge in [-0.15, -0.1) is 23.5 Å². The third-order valence-electron chi connectivity index (χ3n) is 2.56. The fourth-order valence-electron chi connectivity index (χ4n) is 1.67. The van der Waals surface area contributed by atoms with Crippen molar-refractivity contribution in [1.29, 1.82) is 0 Å². The van der Waals surface area contributed by atoms with Gasteiger partial charge in [-0.05, 0) is 10.1 Å². The summed E-state index contributed by atoms with van der Waals surface area (Å²) in [6.07, 6.45) is 2.45. The summed E-state index contributed by atoms with van der Waals surface area (Å²) in [7, 11) is -1.12. The maximum Gasteiger partial charge on any atom is 0.0854 e. The summed E-state index contributed by atoms with van der Waals surface area (Å²) in [6.45, 7) is 7.30. The molecule has 0 aromatic heterocycles. The van der Waals surface area contributed by atoms with E-state index in [0.717, 1.165) is 0 Å². The Morgan fingerprint density at radius 3 is 2.44 bits per heavy atom. The quantitative estimate of drug-likeness (QED) is 0.696. The van der Waals surface area contributed by atoms with Crippen LogP contribution in [-0.4, -0.2) is 13.8 Å². The molecule has 1 aliphatic heterocycles. The first-order valence-electron chi connectivity index (χ1n) is 5.61. The zero-order chi connectivity index (χ0) is 11.6. The highest BCUT2D eigenvalue weighted by atomic mass is 32.2. The molecule has 0 saturated heterocycles. The summed E-state index contributed by atoms with van der Waals surface area (Å²) in [6, 6.07) is 10.9. The second kappa shape index (κ2) is 5.03. The topological polar surface area (TPSA) is 0 Å². The SMILES string of the molecule is C[Si](C)(C)C1=CCSC(c2ccccc2)S1. The molecule has 0 saturated carbocycles. The average molecular weight is 267 g/mol. The second-order valence-corrected chi connectivity index (χ2v) is 13.0. The Bertz CT molecular complexity index is 379. The van der Waals surface area contributed by atoms with E-state index >= 15 is 0 Å². The zero-order valence-electron chi connectivity index (χ0n) is 10.1. The fourth-order valence-corrected chi connectivity index (χ4v) is 6.97. The Morgan fingerprint density at radius 2 is 1.81 bits per heavy atom. The van der Waals surface area contributed by atoms with Gasteiger partial charge in [0.15, 0.2) is 0 Å². The summed E-state index contributed by atoms with van der Waals surface area (Å²) in [4.78, 5) is 0. The monoisotopic (exact) mass is 266 g/mol. The van der Waals surface area contributed by atoms with E-state index in [9.17, 15) is 0 Å². The molecule has 0 spiro atoms. The molecular weight excluding hydrogens is 248 g/mol. The van der Waals surface area contributed by atoms with Crippen LogP contribution in [0.2, 0.25) is 19.6 Å². The van der Waals surface area contributed by atoms with Crippen LogP contribution in [0.1, 0.15) is 10.1 Å². The third kappa shape index (κ3) is 2.96. The Kier molecular flexibility index (Phi) is 3.87. The van der Waals surface area contributed by atoms with Crippen molar-refractivity contribution in [3.05, 3.63) is 46.5 Å². The summed E-state index contributed by atoms with van der Waals surface area (Å²) >= 11 is 4.12. The highest BCUT2D eigenvalue weighted by molar-refractivity contribution is 8.19. The molecule has 16 heavy (non-hydrogen) atoms. The second-order valence-electron chi connectivity index (χ2n) is 5.01. The lowest BCUT2D eigenvalue weighted by molar-refractivity contribution is 1.37. The molecule has 1 atom stereocenters. The van der Waals surface area contributed by atoms with Crippen LogP contribution in [0.3, 0.4) is 0 Å². The standard InChI is InChI=1S/C13H18S2Si/c1-16(2,3)12-9-10-14-13(15-12)11-7-5-4-6-8-11/h4-9,13H,10H2,1-3H3. The highest BCUT2D eigenvalue weighted by Crippen LogP contribution is 2.49. The van der Waals surface area contributed by atoms with Gasteiger partial charge in [0.2, 0.25) is 0 Å². The van der Waals surface area contributed by atoms with Crippen LogP contribution < -0.4 is 0 Å². The predicted octanol–water partition coefficient (Wildman–Crippen LogP) is 4.93. The minimum absolute atomic E-state index is 0.605. The molecule has 1 aromatic rings. The summed E-state index contributed by atoms with van der Waals surface area (Å²) in [5.41, 5.74) is 1.46. The Balaban J connectivity index is 2.15. The van der Waals surface area contributed by atoms with Gasteiger partial charge in [0.1, 0.15) is 0 Å². The summed E-state index contributed by atoms with van der Waals surface area (Å²) in [5, 5.41) is 0. The molecule has 1 unspecified atom stereocenters. The van der Waals surface area contributed by atoms with Crippen LogP contribution in [0.5, 0.6) is 0 Å². The first-order valence-corrected chi connectivity index (χ1v) is 11.0. The minimum atomic E-state index is -1.12. The van der Waals surface area contributed by atoms with E-state index in [-0.39, 0.29) is 0 Å². The van der Waals surface area contributed by atoms with Gasteiger partial charge in [0, 0.05) is 5.75 Å². The number of thioether (sulfide) groups is 2. The van der Waals surface area contributed by atoms with Crippen molar-refractivity contribution < 1.29 is 0 Å². The van der Waals surface area contributed by atoms with Gasteiger partial charge in [-0.3, -0.25) is 0 Å². The predicted molar refractivity (Wildman–Crippen MR) is 80.7 cm³/mol. The maximum atomic E-state index is 2.45. The molecule has 0 fully saturated rings. The van der Waals surface area contributed by atoms with Gasteiger partial charge in [-0.1, -0.05) is 56.0 Å². The number of rotatable bonds is 2.